The van der Waals surface area contributed by atoms with Crippen LogP contribution in [0.5, 0.6) is 0 Å². The van der Waals surface area contributed by atoms with Crippen molar-refractivity contribution in [3.05, 3.63) is 0 Å². The molecule has 0 rings (SSSR count). The Balaban J connectivity index is 0. The average molecular weight is 137 g/mol. The van der Waals surface area contributed by atoms with Crippen molar-refractivity contribution in [3.63, 3.8) is 0 Å². The van der Waals surface area contributed by atoms with Crippen LogP contribution in [0.4, 0.5) is 0 Å². The molecule has 1 unspecified atom stereocenters. The van der Waals surface area contributed by atoms with Gasteiger partial charge in [-0.15, -0.1) is 0 Å². The summed E-state index contributed by atoms with van der Waals surface area (Å²) in [6.07, 6.45) is -0.368. The Morgan fingerprint density at radius 3 is 2.00 bits per heavy atom. The first kappa shape index (κ1) is 11.6. The van der Waals surface area contributed by atoms with Gasteiger partial charge in [-0.1, -0.05) is 0 Å². The van der Waals surface area contributed by atoms with Crippen LogP contribution < -0.4 is 5.32 Å². The number of aliphatic hydroxyl groups is 3. The molecule has 0 fully saturated rings. The van der Waals surface area contributed by atoms with E-state index in [1.165, 1.54) is 0 Å². The predicted octanol–water partition coefficient (Wildman–Crippen LogP) is -1.48. The molecule has 0 aliphatic heterocycles. The fourth-order valence-electron chi connectivity index (χ4n) is 0.273. The molecular weight excluding hydrogens is 122 g/mol. The summed E-state index contributed by atoms with van der Waals surface area (Å²) >= 11 is 0. The largest absolute Gasteiger partial charge is 0.400 e. The maximum atomic E-state index is 8.51. The zero-order valence-corrected chi connectivity index (χ0v) is 5.83. The minimum atomic E-state index is -0.368. The summed E-state index contributed by atoms with van der Waals surface area (Å²) in [6.45, 7) is 2.05. The minimum Gasteiger partial charge on any atom is -0.400 e. The van der Waals surface area contributed by atoms with Crippen LogP contribution in [-0.2, 0) is 0 Å². The lowest BCUT2D eigenvalue weighted by atomic mass is 10.4. The molecule has 1 atom stereocenters. The first-order valence-corrected chi connectivity index (χ1v) is 2.71. The van der Waals surface area contributed by atoms with E-state index in [4.69, 9.17) is 15.3 Å². The van der Waals surface area contributed by atoms with Crippen molar-refractivity contribution in [2.45, 2.75) is 13.0 Å². The van der Waals surface area contributed by atoms with Crippen LogP contribution in [0.3, 0.4) is 0 Å². The predicted molar refractivity (Wildman–Crippen MR) is 34.9 cm³/mol. The second kappa shape index (κ2) is 10.8. The molecule has 0 radical (unpaired) electrons. The van der Waals surface area contributed by atoms with E-state index in [-0.39, 0.29) is 12.8 Å². The van der Waals surface area contributed by atoms with E-state index in [0.717, 1.165) is 7.11 Å². The first-order valence-electron chi connectivity index (χ1n) is 2.71. The Kier molecular flexibility index (Phi) is 13.9. The van der Waals surface area contributed by atoms with Gasteiger partial charge in [-0.2, -0.15) is 0 Å². The third-order valence-corrected chi connectivity index (χ3v) is 0.552. The van der Waals surface area contributed by atoms with Gasteiger partial charge in [0, 0.05) is 13.7 Å². The molecule has 0 bridgehead atoms. The monoisotopic (exact) mass is 137 g/mol. The van der Waals surface area contributed by atoms with Gasteiger partial charge in [0.05, 0.1) is 12.8 Å². The summed E-state index contributed by atoms with van der Waals surface area (Å²) in [5.74, 6) is 0. The molecule has 0 aliphatic carbocycles. The maximum absolute atomic E-state index is 8.51. The number of rotatable bonds is 3. The van der Waals surface area contributed by atoms with Crippen molar-refractivity contribution >= 4 is 0 Å². The second-order valence-electron chi connectivity index (χ2n) is 1.46. The molecule has 0 saturated heterocycles. The summed E-state index contributed by atoms with van der Waals surface area (Å²) in [5, 5.41) is 26.2. The van der Waals surface area contributed by atoms with Crippen molar-refractivity contribution in [1.29, 1.82) is 0 Å². The number of hydrogen-bond donors (Lipinski definition) is 4. The van der Waals surface area contributed by atoms with Gasteiger partial charge in [0.1, 0.15) is 0 Å². The zero-order chi connectivity index (χ0) is 7.70. The SMILES string of the molecule is CC(O)CNCO.CO. The van der Waals surface area contributed by atoms with E-state index >= 15 is 0 Å². The molecule has 0 aromatic heterocycles. The Morgan fingerprint density at radius 2 is 1.89 bits per heavy atom. The van der Waals surface area contributed by atoms with E-state index in [0.29, 0.717) is 6.54 Å². The van der Waals surface area contributed by atoms with Crippen LogP contribution in [0.2, 0.25) is 0 Å². The van der Waals surface area contributed by atoms with Crippen molar-refractivity contribution < 1.29 is 15.3 Å². The van der Waals surface area contributed by atoms with E-state index in [1.807, 2.05) is 0 Å². The van der Waals surface area contributed by atoms with Gasteiger partial charge < -0.3 is 15.3 Å². The minimum absolute atomic E-state index is 0.0646. The number of aliphatic hydroxyl groups excluding tert-OH is 3. The van der Waals surface area contributed by atoms with Crippen LogP contribution in [0, 0.1) is 0 Å². The Labute approximate surface area is 55.1 Å². The molecular formula is C5H15NO3. The van der Waals surface area contributed by atoms with E-state index in [1.54, 1.807) is 6.92 Å². The quantitative estimate of drug-likeness (QED) is 0.358. The number of nitrogens with one attached hydrogen (secondary N) is 1. The Morgan fingerprint density at radius 1 is 1.44 bits per heavy atom. The van der Waals surface area contributed by atoms with E-state index < -0.39 is 0 Å². The van der Waals surface area contributed by atoms with Crippen molar-refractivity contribution in [3.8, 4) is 0 Å². The molecule has 0 aliphatic rings. The summed E-state index contributed by atoms with van der Waals surface area (Å²) in [4.78, 5) is 0. The van der Waals surface area contributed by atoms with Gasteiger partial charge in [-0.3, -0.25) is 5.32 Å². The second-order valence-corrected chi connectivity index (χ2v) is 1.46. The lowest BCUT2D eigenvalue weighted by Crippen LogP contribution is -2.24. The molecule has 0 heterocycles. The Hall–Kier alpha value is -0.160. The third kappa shape index (κ3) is 18.1. The fourth-order valence-corrected chi connectivity index (χ4v) is 0.273. The lowest BCUT2D eigenvalue weighted by Gasteiger charge is -2.00. The molecule has 0 saturated carbocycles. The van der Waals surface area contributed by atoms with Crippen LogP contribution >= 0.6 is 0 Å². The highest BCUT2D eigenvalue weighted by Gasteiger charge is 1.89. The van der Waals surface area contributed by atoms with Crippen LogP contribution in [0.25, 0.3) is 0 Å². The third-order valence-electron chi connectivity index (χ3n) is 0.552. The average Bonchev–Trinajstić information content (AvgIpc) is 1.88. The summed E-state index contributed by atoms with van der Waals surface area (Å²) in [5.41, 5.74) is 0. The summed E-state index contributed by atoms with van der Waals surface area (Å²) < 4.78 is 0. The molecule has 4 heteroatoms. The van der Waals surface area contributed by atoms with Crippen LogP contribution in [-0.4, -0.2) is 41.8 Å². The normalized spacial score (nSPS) is 11.7. The van der Waals surface area contributed by atoms with Gasteiger partial charge in [0.2, 0.25) is 0 Å². The number of hydrogen-bond acceptors (Lipinski definition) is 4. The van der Waals surface area contributed by atoms with Gasteiger partial charge in [-0.25, -0.2) is 0 Å². The molecule has 0 spiro atoms. The molecule has 0 aromatic carbocycles. The van der Waals surface area contributed by atoms with Gasteiger partial charge in [-0.05, 0) is 6.92 Å². The summed E-state index contributed by atoms with van der Waals surface area (Å²) in [6, 6.07) is 0. The highest BCUT2D eigenvalue weighted by molar-refractivity contribution is 4.46. The molecule has 4 nitrogen and oxygen atoms in total. The molecule has 9 heavy (non-hydrogen) atoms. The molecule has 0 aromatic rings. The van der Waals surface area contributed by atoms with Crippen LogP contribution in [0.1, 0.15) is 6.92 Å². The van der Waals surface area contributed by atoms with Crippen molar-refractivity contribution in [1.82, 2.24) is 5.32 Å². The fraction of sp³-hybridized carbons (Fsp3) is 1.00. The first-order chi connectivity index (χ1) is 4.27. The summed E-state index contributed by atoms with van der Waals surface area (Å²) in [7, 11) is 1.00. The molecule has 4 N–H and O–H groups in total. The smallest absolute Gasteiger partial charge is 0.0932 e. The maximum Gasteiger partial charge on any atom is 0.0932 e. The zero-order valence-electron chi connectivity index (χ0n) is 5.83. The van der Waals surface area contributed by atoms with Crippen molar-refractivity contribution in [2.75, 3.05) is 20.4 Å². The highest BCUT2D eigenvalue weighted by atomic mass is 16.3. The topological polar surface area (TPSA) is 72.7 Å². The van der Waals surface area contributed by atoms with Crippen LogP contribution in [0.15, 0.2) is 0 Å². The standard InChI is InChI=1S/C4H11NO2.CH4O/c1-4(7)2-5-3-6;1-2/h4-7H,2-3H2,1H3;2H,1H3. The van der Waals surface area contributed by atoms with E-state index in [9.17, 15) is 0 Å². The van der Waals surface area contributed by atoms with Gasteiger partial charge in [0.15, 0.2) is 0 Å². The lowest BCUT2D eigenvalue weighted by molar-refractivity contribution is 0.169. The van der Waals surface area contributed by atoms with Gasteiger partial charge in [0.25, 0.3) is 0 Å². The molecule has 58 valence electrons. The highest BCUT2D eigenvalue weighted by Crippen LogP contribution is 1.70. The Bertz CT molecular complexity index is 41.2. The van der Waals surface area contributed by atoms with Crippen molar-refractivity contribution in [2.24, 2.45) is 0 Å². The molecule has 0 amide bonds. The van der Waals surface area contributed by atoms with Gasteiger partial charge >= 0.3 is 0 Å². The van der Waals surface area contributed by atoms with E-state index in [2.05, 4.69) is 5.32 Å².